The molecule has 2 heterocycles. The van der Waals surface area contributed by atoms with Crippen molar-refractivity contribution in [2.45, 2.75) is 6.92 Å². The third-order valence-corrected chi connectivity index (χ3v) is 3.91. The van der Waals surface area contributed by atoms with Crippen LogP contribution in [0.25, 0.3) is 0 Å². The van der Waals surface area contributed by atoms with Crippen LogP contribution in [0.15, 0.2) is 36.5 Å². The molecule has 0 atom stereocenters. The molecule has 0 saturated carbocycles. The Labute approximate surface area is 143 Å². The van der Waals surface area contributed by atoms with Gasteiger partial charge in [0.15, 0.2) is 11.6 Å². The number of urea groups is 1. The highest BCUT2D eigenvalue weighted by Gasteiger charge is 2.31. The molecular formula is C17H16F2N4O2. The zero-order chi connectivity index (χ0) is 18.0. The van der Waals surface area contributed by atoms with Crippen molar-refractivity contribution in [3.8, 4) is 0 Å². The van der Waals surface area contributed by atoms with Crippen molar-refractivity contribution in [2.75, 3.05) is 29.9 Å². The Balaban J connectivity index is 1.65. The molecule has 1 N–H and O–H groups in total. The number of nitrogens with zero attached hydrogens (tertiary/aromatic N) is 3. The van der Waals surface area contributed by atoms with Gasteiger partial charge in [0.05, 0.1) is 0 Å². The fourth-order valence-corrected chi connectivity index (χ4v) is 2.58. The number of hydrogen-bond donors (Lipinski definition) is 1. The summed E-state index contributed by atoms with van der Waals surface area (Å²) < 4.78 is 26.4. The summed E-state index contributed by atoms with van der Waals surface area (Å²) in [4.78, 5) is 31.3. The molecule has 130 valence electrons. The van der Waals surface area contributed by atoms with E-state index in [1.54, 1.807) is 12.3 Å². The van der Waals surface area contributed by atoms with Crippen LogP contribution in [-0.2, 0) is 4.79 Å². The number of aryl methyl sites for hydroxylation is 1. The fourth-order valence-electron chi connectivity index (χ4n) is 2.58. The molecule has 1 fully saturated rings. The van der Waals surface area contributed by atoms with Gasteiger partial charge < -0.3 is 10.2 Å². The van der Waals surface area contributed by atoms with Crippen molar-refractivity contribution in [3.05, 3.63) is 53.7 Å². The Kier molecular flexibility index (Phi) is 4.60. The number of carbonyl (C=O) groups excluding carboxylic acids is 2. The van der Waals surface area contributed by atoms with Crippen LogP contribution < -0.4 is 10.2 Å². The van der Waals surface area contributed by atoms with Gasteiger partial charge in [0, 0.05) is 31.0 Å². The highest BCUT2D eigenvalue weighted by Crippen LogP contribution is 2.22. The second kappa shape index (κ2) is 6.84. The largest absolute Gasteiger partial charge is 0.325 e. The first-order valence-corrected chi connectivity index (χ1v) is 7.68. The summed E-state index contributed by atoms with van der Waals surface area (Å²) in [5.41, 5.74) is 1.07. The summed E-state index contributed by atoms with van der Waals surface area (Å²) in [6.07, 6.45) is 1.56. The van der Waals surface area contributed by atoms with Crippen LogP contribution in [0.3, 0.4) is 0 Å². The van der Waals surface area contributed by atoms with Crippen LogP contribution in [0.5, 0.6) is 0 Å². The molecule has 8 heteroatoms. The molecule has 1 aromatic carbocycles. The molecule has 1 aliphatic rings. The number of rotatable bonds is 4. The summed E-state index contributed by atoms with van der Waals surface area (Å²) in [6, 6.07) is 6.41. The Bertz CT molecular complexity index is 828. The first-order chi connectivity index (χ1) is 12.0. The molecule has 3 amide bonds. The van der Waals surface area contributed by atoms with E-state index in [0.717, 1.165) is 17.7 Å². The number of halogens is 2. The lowest BCUT2D eigenvalue weighted by molar-refractivity contribution is -0.116. The van der Waals surface area contributed by atoms with Gasteiger partial charge in [-0.3, -0.25) is 9.69 Å². The van der Waals surface area contributed by atoms with E-state index in [9.17, 15) is 18.4 Å². The van der Waals surface area contributed by atoms with Crippen molar-refractivity contribution < 1.29 is 18.4 Å². The molecule has 0 radical (unpaired) electrons. The lowest BCUT2D eigenvalue weighted by atomic mass is 10.3. The van der Waals surface area contributed by atoms with E-state index in [1.807, 2.05) is 13.0 Å². The predicted octanol–water partition coefficient (Wildman–Crippen LogP) is 2.55. The maximum absolute atomic E-state index is 13.3. The van der Waals surface area contributed by atoms with Crippen molar-refractivity contribution in [3.63, 3.8) is 0 Å². The number of anilines is 2. The molecule has 1 saturated heterocycles. The summed E-state index contributed by atoms with van der Waals surface area (Å²) in [5, 5.41) is 2.66. The standard InChI is InChI=1S/C17H16F2N4O2/c1-11-3-2-6-20-16(11)21-15(24)10-22-7-8-23(17(22)25)12-4-5-13(18)14(19)9-12/h2-6,9H,7-8,10H2,1H3,(H,20,21,24). The minimum absolute atomic E-state index is 0.144. The van der Waals surface area contributed by atoms with Crippen molar-refractivity contribution in [1.29, 1.82) is 0 Å². The Hall–Kier alpha value is -3.03. The highest BCUT2D eigenvalue weighted by atomic mass is 19.2. The summed E-state index contributed by atoms with van der Waals surface area (Å²) in [5.74, 6) is -1.93. The van der Waals surface area contributed by atoms with Gasteiger partial charge in [-0.1, -0.05) is 6.07 Å². The van der Waals surface area contributed by atoms with Gasteiger partial charge in [-0.2, -0.15) is 0 Å². The van der Waals surface area contributed by atoms with Gasteiger partial charge in [-0.15, -0.1) is 0 Å². The number of carbonyl (C=O) groups is 2. The predicted molar refractivity (Wildman–Crippen MR) is 88.3 cm³/mol. The van der Waals surface area contributed by atoms with Crippen molar-refractivity contribution in [2.24, 2.45) is 0 Å². The molecule has 2 aromatic rings. The van der Waals surface area contributed by atoms with Crippen LogP contribution in [0.4, 0.5) is 25.1 Å². The monoisotopic (exact) mass is 346 g/mol. The first-order valence-electron chi connectivity index (χ1n) is 7.68. The summed E-state index contributed by atoms with van der Waals surface area (Å²) >= 11 is 0. The number of hydrogen-bond acceptors (Lipinski definition) is 3. The quantitative estimate of drug-likeness (QED) is 0.925. The van der Waals surface area contributed by atoms with E-state index in [4.69, 9.17) is 0 Å². The molecule has 0 aliphatic carbocycles. The molecule has 0 spiro atoms. The zero-order valence-electron chi connectivity index (χ0n) is 13.5. The van der Waals surface area contributed by atoms with Gasteiger partial charge in [-0.05, 0) is 30.7 Å². The molecule has 1 aromatic heterocycles. The minimum atomic E-state index is -1.02. The maximum Gasteiger partial charge on any atom is 0.325 e. The number of aromatic nitrogens is 1. The van der Waals surface area contributed by atoms with E-state index < -0.39 is 17.7 Å². The zero-order valence-corrected chi connectivity index (χ0v) is 13.5. The molecule has 3 rings (SSSR count). The SMILES string of the molecule is Cc1cccnc1NC(=O)CN1CCN(c2ccc(F)c(F)c2)C1=O. The third-order valence-electron chi connectivity index (χ3n) is 3.91. The van der Waals surface area contributed by atoms with E-state index in [-0.39, 0.29) is 18.1 Å². The van der Waals surface area contributed by atoms with Crippen LogP contribution in [0, 0.1) is 18.6 Å². The Morgan fingerprint density at radius 3 is 2.76 bits per heavy atom. The molecule has 1 aliphatic heterocycles. The van der Waals surface area contributed by atoms with Crippen molar-refractivity contribution >= 4 is 23.4 Å². The van der Waals surface area contributed by atoms with E-state index >= 15 is 0 Å². The van der Waals surface area contributed by atoms with Crippen LogP contribution in [-0.4, -0.2) is 41.5 Å². The minimum Gasteiger partial charge on any atom is -0.313 e. The van der Waals surface area contributed by atoms with Gasteiger partial charge >= 0.3 is 6.03 Å². The molecule has 0 bridgehead atoms. The topological polar surface area (TPSA) is 65.5 Å². The number of amides is 3. The normalized spacial score (nSPS) is 14.1. The second-order valence-electron chi connectivity index (χ2n) is 5.67. The smallest absolute Gasteiger partial charge is 0.313 e. The lowest BCUT2D eigenvalue weighted by Crippen LogP contribution is -2.37. The average molecular weight is 346 g/mol. The molecule has 0 unspecified atom stereocenters. The number of benzene rings is 1. The second-order valence-corrected chi connectivity index (χ2v) is 5.67. The Morgan fingerprint density at radius 1 is 1.24 bits per heavy atom. The molecular weight excluding hydrogens is 330 g/mol. The molecule has 6 nitrogen and oxygen atoms in total. The number of nitrogens with one attached hydrogen (secondary N) is 1. The van der Waals surface area contributed by atoms with E-state index in [2.05, 4.69) is 10.3 Å². The third kappa shape index (κ3) is 3.57. The van der Waals surface area contributed by atoms with Crippen LogP contribution in [0.1, 0.15) is 5.56 Å². The van der Waals surface area contributed by atoms with Gasteiger partial charge in [-0.25, -0.2) is 18.6 Å². The number of pyridine rings is 1. The molecule has 25 heavy (non-hydrogen) atoms. The summed E-state index contributed by atoms with van der Waals surface area (Å²) in [7, 11) is 0. The fraction of sp³-hybridized carbons (Fsp3) is 0.235. The van der Waals surface area contributed by atoms with Crippen LogP contribution >= 0.6 is 0 Å². The van der Waals surface area contributed by atoms with Crippen molar-refractivity contribution in [1.82, 2.24) is 9.88 Å². The average Bonchev–Trinajstić information content (AvgIpc) is 2.93. The van der Waals surface area contributed by atoms with E-state index in [1.165, 1.54) is 15.9 Å². The van der Waals surface area contributed by atoms with Gasteiger partial charge in [0.25, 0.3) is 0 Å². The first kappa shape index (κ1) is 16.8. The summed E-state index contributed by atoms with van der Waals surface area (Å²) in [6.45, 7) is 2.27. The van der Waals surface area contributed by atoms with Crippen LogP contribution in [0.2, 0.25) is 0 Å². The Morgan fingerprint density at radius 2 is 2.04 bits per heavy atom. The van der Waals surface area contributed by atoms with Gasteiger partial charge in [0.2, 0.25) is 5.91 Å². The highest BCUT2D eigenvalue weighted by molar-refractivity contribution is 5.99. The maximum atomic E-state index is 13.3. The van der Waals surface area contributed by atoms with E-state index in [0.29, 0.717) is 18.9 Å². The lowest BCUT2D eigenvalue weighted by Gasteiger charge is -2.18. The van der Waals surface area contributed by atoms with Gasteiger partial charge in [0.1, 0.15) is 12.4 Å².